The average Bonchev–Trinajstić information content (AvgIpc) is 3.66. The molecular weight excluding hydrogens is 539 g/mol. The number of benzene rings is 1. The Kier molecular flexibility index (Phi) is 6.91. The second kappa shape index (κ2) is 10.4. The van der Waals surface area contributed by atoms with E-state index in [0.717, 1.165) is 36.4 Å². The summed E-state index contributed by atoms with van der Waals surface area (Å²) >= 11 is 0. The number of hydrogen-bond acceptors (Lipinski definition) is 8. The molecule has 0 N–H and O–H groups in total. The second-order valence-electron chi connectivity index (χ2n) is 10.9. The summed E-state index contributed by atoms with van der Waals surface area (Å²) in [5.74, 6) is 2.06. The Balaban J connectivity index is 1.26. The van der Waals surface area contributed by atoms with Crippen molar-refractivity contribution in [1.82, 2.24) is 10.1 Å². The average molecular weight is 570 g/mol. The van der Waals surface area contributed by atoms with Crippen LogP contribution >= 0.6 is 0 Å². The van der Waals surface area contributed by atoms with Crippen molar-refractivity contribution in [2.45, 2.75) is 70.5 Å². The highest BCUT2D eigenvalue weighted by Crippen LogP contribution is 2.47. The summed E-state index contributed by atoms with van der Waals surface area (Å²) in [5.41, 5.74) is 2.44. The summed E-state index contributed by atoms with van der Waals surface area (Å²) in [7, 11) is 1.34. The van der Waals surface area contributed by atoms with E-state index in [-0.39, 0.29) is 35.9 Å². The number of carbonyl (C=O) groups excluding carboxylic acids is 1. The molecule has 4 heterocycles. The number of hydrogen-bond donors (Lipinski definition) is 0. The van der Waals surface area contributed by atoms with Crippen molar-refractivity contribution in [3.8, 4) is 17.0 Å². The number of esters is 1. The number of aryl methyl sites for hydroxylation is 1. The Morgan fingerprint density at radius 3 is 2.68 bits per heavy atom. The Bertz CT molecular complexity index is 1500. The number of methoxy groups -OCH3 is 1. The summed E-state index contributed by atoms with van der Waals surface area (Å²) in [6, 6.07) is 7.92. The lowest BCUT2D eigenvalue weighted by Crippen LogP contribution is -2.41. The van der Waals surface area contributed by atoms with Crippen molar-refractivity contribution in [2.75, 3.05) is 12.0 Å². The van der Waals surface area contributed by atoms with Crippen LogP contribution in [0.4, 0.5) is 19.0 Å². The smallest absolute Gasteiger partial charge is 0.493 e. The molecule has 0 amide bonds. The normalized spacial score (nSPS) is 22.0. The molecule has 3 aromatic rings. The van der Waals surface area contributed by atoms with E-state index >= 15 is 0 Å². The molecule has 2 fully saturated rings. The zero-order valence-electron chi connectivity index (χ0n) is 22.9. The maximum atomic E-state index is 13.1. The molecular formula is C30H30F3N3O5. The molecule has 1 saturated carbocycles. The molecule has 216 valence electrons. The predicted molar refractivity (Wildman–Crippen MR) is 142 cm³/mol. The van der Waals surface area contributed by atoms with Gasteiger partial charge in [-0.05, 0) is 61.9 Å². The monoisotopic (exact) mass is 569 g/mol. The first kappa shape index (κ1) is 27.2. The number of rotatable bonds is 8. The number of alkyl halides is 3. The third-order valence-electron chi connectivity index (χ3n) is 7.99. The number of pyridine rings is 1. The Hall–Kier alpha value is -4.02. The zero-order chi connectivity index (χ0) is 28.9. The van der Waals surface area contributed by atoms with Crippen molar-refractivity contribution in [1.29, 1.82) is 0 Å². The first-order chi connectivity index (χ1) is 19.6. The SMILES string of the molecule is COC(=O)c1cnc(N2C3CC(OCc4c(-c5ccccc5OC(F)(F)F)noc4C4CC4)=CC2C(C)C3)c(C)c1. The number of ether oxygens (including phenoxy) is 3. The van der Waals surface area contributed by atoms with E-state index in [1.165, 1.54) is 19.2 Å². The molecule has 8 nitrogen and oxygen atoms in total. The van der Waals surface area contributed by atoms with Crippen LogP contribution in [0.2, 0.25) is 0 Å². The van der Waals surface area contributed by atoms with E-state index in [1.807, 2.05) is 6.92 Å². The van der Waals surface area contributed by atoms with E-state index in [4.69, 9.17) is 14.0 Å². The van der Waals surface area contributed by atoms with E-state index < -0.39 is 12.3 Å². The number of halogens is 3. The molecule has 1 saturated heterocycles. The molecule has 3 atom stereocenters. The van der Waals surface area contributed by atoms with Gasteiger partial charge in [0.2, 0.25) is 0 Å². The van der Waals surface area contributed by atoms with Crippen LogP contribution in [-0.2, 0) is 16.1 Å². The van der Waals surface area contributed by atoms with Crippen LogP contribution < -0.4 is 9.64 Å². The van der Waals surface area contributed by atoms with Crippen LogP contribution in [0.1, 0.15) is 65.8 Å². The fourth-order valence-corrected chi connectivity index (χ4v) is 5.99. The number of aromatic nitrogens is 2. The van der Waals surface area contributed by atoms with Crippen molar-refractivity contribution >= 4 is 11.8 Å². The number of fused-ring (bicyclic) bond motifs is 2. The lowest BCUT2D eigenvalue weighted by Gasteiger charge is -2.36. The summed E-state index contributed by atoms with van der Waals surface area (Å²) in [5, 5.41) is 4.17. The van der Waals surface area contributed by atoms with Gasteiger partial charge in [-0.1, -0.05) is 24.2 Å². The van der Waals surface area contributed by atoms with Crippen LogP contribution in [0.3, 0.4) is 0 Å². The second-order valence-corrected chi connectivity index (χ2v) is 10.9. The lowest BCUT2D eigenvalue weighted by atomic mass is 10.0. The minimum Gasteiger partial charge on any atom is -0.493 e. The first-order valence-electron chi connectivity index (χ1n) is 13.6. The molecule has 6 rings (SSSR count). The highest BCUT2D eigenvalue weighted by Gasteiger charge is 2.43. The van der Waals surface area contributed by atoms with Crippen LogP contribution in [0.15, 0.2) is 52.9 Å². The lowest BCUT2D eigenvalue weighted by molar-refractivity contribution is -0.274. The third kappa shape index (κ3) is 5.37. The quantitative estimate of drug-likeness (QED) is 0.277. The van der Waals surface area contributed by atoms with Crippen molar-refractivity contribution < 1.29 is 36.7 Å². The van der Waals surface area contributed by atoms with Gasteiger partial charge in [-0.25, -0.2) is 9.78 Å². The Labute approximate surface area is 235 Å². The molecule has 2 aromatic heterocycles. The molecule has 0 spiro atoms. The van der Waals surface area contributed by atoms with Gasteiger partial charge in [0, 0.05) is 30.1 Å². The van der Waals surface area contributed by atoms with Gasteiger partial charge in [0.15, 0.2) is 0 Å². The van der Waals surface area contributed by atoms with Gasteiger partial charge in [-0.3, -0.25) is 0 Å². The zero-order valence-corrected chi connectivity index (χ0v) is 22.9. The highest BCUT2D eigenvalue weighted by molar-refractivity contribution is 5.89. The largest absolute Gasteiger partial charge is 0.573 e. The van der Waals surface area contributed by atoms with Crippen molar-refractivity contribution in [3.63, 3.8) is 0 Å². The fraction of sp³-hybridized carbons (Fsp3) is 0.433. The van der Waals surface area contributed by atoms with Gasteiger partial charge >= 0.3 is 12.3 Å². The van der Waals surface area contributed by atoms with Gasteiger partial charge in [-0.2, -0.15) is 0 Å². The number of anilines is 1. The number of carbonyl (C=O) groups is 1. The topological polar surface area (TPSA) is 86.9 Å². The maximum absolute atomic E-state index is 13.1. The summed E-state index contributed by atoms with van der Waals surface area (Å²) in [6.45, 7) is 4.24. The van der Waals surface area contributed by atoms with Gasteiger partial charge in [0.1, 0.15) is 29.6 Å². The Morgan fingerprint density at radius 1 is 1.22 bits per heavy atom. The summed E-state index contributed by atoms with van der Waals surface area (Å²) in [6.07, 6.45) is 2.27. The molecule has 3 unspecified atom stereocenters. The van der Waals surface area contributed by atoms with Crippen molar-refractivity contribution in [2.24, 2.45) is 5.92 Å². The number of para-hydroxylation sites is 1. The van der Waals surface area contributed by atoms with Gasteiger partial charge in [0.25, 0.3) is 0 Å². The van der Waals surface area contributed by atoms with E-state index in [1.54, 1.807) is 24.4 Å². The van der Waals surface area contributed by atoms with Crippen LogP contribution in [0.25, 0.3) is 11.3 Å². The van der Waals surface area contributed by atoms with Crippen LogP contribution in [0, 0.1) is 12.8 Å². The van der Waals surface area contributed by atoms with Crippen LogP contribution in [0.5, 0.6) is 5.75 Å². The molecule has 2 aliphatic heterocycles. The standard InChI is InChI=1S/C30H30F3N3O5/c1-16-11-20-12-21(13-24(16)36(20)28-17(2)10-19(14-34-28)29(37)38-3)39-15-23-26(35-41-27(23)18-8-9-18)22-6-4-5-7-25(22)40-30(31,32)33/h4-7,10,13-14,16,18,20,24H,8-9,11-12,15H2,1-3H3. The first-order valence-corrected chi connectivity index (χ1v) is 13.6. The summed E-state index contributed by atoms with van der Waals surface area (Å²) in [4.78, 5) is 18.9. The Morgan fingerprint density at radius 2 is 2.00 bits per heavy atom. The van der Waals surface area contributed by atoms with Gasteiger partial charge < -0.3 is 23.6 Å². The molecule has 1 aromatic carbocycles. The molecule has 2 bridgehead atoms. The van der Waals surface area contributed by atoms with E-state index in [9.17, 15) is 18.0 Å². The van der Waals surface area contributed by atoms with Gasteiger partial charge in [-0.15, -0.1) is 13.2 Å². The third-order valence-corrected chi connectivity index (χ3v) is 7.99. The van der Waals surface area contributed by atoms with Crippen molar-refractivity contribution in [3.05, 3.63) is 70.8 Å². The van der Waals surface area contributed by atoms with Crippen LogP contribution in [-0.4, -0.2) is 41.7 Å². The molecule has 11 heteroatoms. The number of nitrogens with zero attached hydrogens (tertiary/aromatic N) is 3. The molecule has 1 aliphatic carbocycles. The highest BCUT2D eigenvalue weighted by atomic mass is 19.4. The minimum atomic E-state index is -4.84. The molecule has 3 aliphatic rings. The minimum absolute atomic E-state index is 0.0460. The summed E-state index contributed by atoms with van der Waals surface area (Å²) < 4.78 is 60.4. The van der Waals surface area contributed by atoms with Gasteiger partial charge in [0.05, 0.1) is 30.0 Å². The maximum Gasteiger partial charge on any atom is 0.573 e. The molecule has 41 heavy (non-hydrogen) atoms. The van der Waals surface area contributed by atoms with E-state index in [2.05, 4.69) is 32.8 Å². The fourth-order valence-electron chi connectivity index (χ4n) is 5.99. The predicted octanol–water partition coefficient (Wildman–Crippen LogP) is 6.70. The van der Waals surface area contributed by atoms with E-state index in [0.29, 0.717) is 34.9 Å². The molecule has 0 radical (unpaired) electrons.